The normalized spacial score (nSPS) is 22.3. The summed E-state index contributed by atoms with van der Waals surface area (Å²) in [7, 11) is -3.06. The number of amides is 2. The molecular formula is C18H25N3O5S. The summed E-state index contributed by atoms with van der Waals surface area (Å²) in [4.78, 5) is 26.9. The first kappa shape index (κ1) is 19.8. The van der Waals surface area contributed by atoms with Crippen molar-refractivity contribution in [1.29, 1.82) is 0 Å². The zero-order valence-electron chi connectivity index (χ0n) is 15.1. The molecule has 0 bridgehead atoms. The fraction of sp³-hybridized carbons (Fsp3) is 0.556. The monoisotopic (exact) mass is 395 g/mol. The van der Waals surface area contributed by atoms with Gasteiger partial charge in [-0.2, -0.15) is 0 Å². The first-order valence-corrected chi connectivity index (χ1v) is 10.9. The fourth-order valence-electron chi connectivity index (χ4n) is 3.23. The quantitative estimate of drug-likeness (QED) is 0.683. The lowest BCUT2D eigenvalue weighted by atomic mass is 10.1. The lowest BCUT2D eigenvalue weighted by molar-refractivity contribution is 0.0383. The molecule has 2 heterocycles. The van der Waals surface area contributed by atoms with Crippen LogP contribution in [-0.4, -0.2) is 82.1 Å². The van der Waals surface area contributed by atoms with Crippen LogP contribution in [0.15, 0.2) is 24.3 Å². The van der Waals surface area contributed by atoms with Gasteiger partial charge in [0.1, 0.15) is 0 Å². The number of hydrogen-bond acceptors (Lipinski definition) is 6. The van der Waals surface area contributed by atoms with Crippen molar-refractivity contribution in [2.24, 2.45) is 0 Å². The van der Waals surface area contributed by atoms with Gasteiger partial charge in [0.25, 0.3) is 11.8 Å². The Bertz CT molecular complexity index is 790. The van der Waals surface area contributed by atoms with E-state index in [2.05, 4.69) is 15.5 Å². The molecule has 148 valence electrons. The summed E-state index contributed by atoms with van der Waals surface area (Å²) < 4.78 is 28.3. The van der Waals surface area contributed by atoms with Crippen LogP contribution in [-0.2, 0) is 14.6 Å². The highest BCUT2D eigenvalue weighted by molar-refractivity contribution is 7.91. The molecule has 1 aromatic rings. The molecule has 9 heteroatoms. The number of carbonyl (C=O) groups is 2. The first-order valence-electron chi connectivity index (χ1n) is 9.13. The van der Waals surface area contributed by atoms with Gasteiger partial charge in [-0.1, -0.05) is 6.07 Å². The van der Waals surface area contributed by atoms with E-state index < -0.39 is 9.84 Å². The zero-order chi connectivity index (χ0) is 19.3. The SMILES string of the molecule is O=C(NCCN1CCOCC1)c1cccc(C(=O)NC2CCS(=O)(=O)C2)c1. The maximum atomic E-state index is 12.4. The molecule has 2 aliphatic rings. The standard InChI is InChI=1S/C18H25N3O5S/c22-17(19-5-6-21-7-9-26-10-8-21)14-2-1-3-15(12-14)18(23)20-16-4-11-27(24,25)13-16/h1-3,12,16H,4-11,13H2,(H,19,22)(H,20,23). The van der Waals surface area contributed by atoms with Gasteiger partial charge in [-0.15, -0.1) is 0 Å². The van der Waals surface area contributed by atoms with Crippen LogP contribution in [0.1, 0.15) is 27.1 Å². The molecule has 2 fully saturated rings. The number of benzene rings is 1. The van der Waals surface area contributed by atoms with Crippen LogP contribution in [0.2, 0.25) is 0 Å². The molecule has 2 N–H and O–H groups in total. The number of ether oxygens (including phenoxy) is 1. The van der Waals surface area contributed by atoms with Gasteiger partial charge < -0.3 is 15.4 Å². The minimum atomic E-state index is -3.06. The summed E-state index contributed by atoms with van der Waals surface area (Å²) in [5, 5.41) is 5.60. The fourth-order valence-corrected chi connectivity index (χ4v) is 4.91. The van der Waals surface area contributed by atoms with Crippen LogP contribution in [0.3, 0.4) is 0 Å². The summed E-state index contributed by atoms with van der Waals surface area (Å²) in [5.74, 6) is -0.523. The van der Waals surface area contributed by atoms with Gasteiger partial charge in [-0.05, 0) is 24.6 Å². The van der Waals surface area contributed by atoms with Crippen LogP contribution in [0.4, 0.5) is 0 Å². The smallest absolute Gasteiger partial charge is 0.251 e. The molecule has 2 saturated heterocycles. The molecule has 1 aromatic carbocycles. The van der Waals surface area contributed by atoms with Crippen molar-refractivity contribution in [1.82, 2.24) is 15.5 Å². The third kappa shape index (κ3) is 5.75. The summed E-state index contributed by atoms with van der Waals surface area (Å²) >= 11 is 0. The van der Waals surface area contributed by atoms with Gasteiger partial charge in [0.05, 0.1) is 24.7 Å². The maximum Gasteiger partial charge on any atom is 0.251 e. The molecule has 2 aliphatic heterocycles. The van der Waals surface area contributed by atoms with E-state index in [4.69, 9.17) is 4.74 Å². The maximum absolute atomic E-state index is 12.4. The molecule has 0 spiro atoms. The van der Waals surface area contributed by atoms with E-state index in [1.54, 1.807) is 18.2 Å². The van der Waals surface area contributed by atoms with E-state index in [9.17, 15) is 18.0 Å². The summed E-state index contributed by atoms with van der Waals surface area (Å²) in [6, 6.07) is 6.08. The molecule has 1 unspecified atom stereocenters. The molecule has 3 rings (SSSR count). The van der Waals surface area contributed by atoms with Crippen LogP contribution in [0, 0.1) is 0 Å². The van der Waals surface area contributed by atoms with Gasteiger partial charge in [0, 0.05) is 43.3 Å². The molecule has 0 aliphatic carbocycles. The van der Waals surface area contributed by atoms with E-state index in [0.717, 1.165) is 19.6 Å². The van der Waals surface area contributed by atoms with Crippen molar-refractivity contribution < 1.29 is 22.7 Å². The number of sulfone groups is 1. The van der Waals surface area contributed by atoms with Gasteiger partial charge in [0.15, 0.2) is 9.84 Å². The number of morpholine rings is 1. The second kappa shape index (κ2) is 8.81. The highest BCUT2D eigenvalue weighted by Crippen LogP contribution is 2.13. The Hall–Kier alpha value is -1.97. The van der Waals surface area contributed by atoms with Gasteiger partial charge in [-0.25, -0.2) is 8.42 Å². The molecule has 8 nitrogen and oxygen atoms in total. The lowest BCUT2D eigenvalue weighted by Gasteiger charge is -2.26. The first-order chi connectivity index (χ1) is 12.9. The third-order valence-corrected chi connectivity index (χ3v) is 6.54. The summed E-state index contributed by atoms with van der Waals surface area (Å²) in [6.07, 6.45) is 0.426. The average Bonchev–Trinajstić information content (AvgIpc) is 3.01. The minimum absolute atomic E-state index is 0.0273. The van der Waals surface area contributed by atoms with Gasteiger partial charge in [0.2, 0.25) is 0 Å². The molecule has 1 atom stereocenters. The van der Waals surface area contributed by atoms with Crippen LogP contribution in [0.5, 0.6) is 0 Å². The van der Waals surface area contributed by atoms with Crippen LogP contribution < -0.4 is 10.6 Å². The number of hydrogen-bond donors (Lipinski definition) is 2. The molecule has 27 heavy (non-hydrogen) atoms. The Kier molecular flexibility index (Phi) is 6.46. The molecule has 2 amide bonds. The van der Waals surface area contributed by atoms with E-state index in [1.165, 1.54) is 6.07 Å². The molecule has 0 saturated carbocycles. The van der Waals surface area contributed by atoms with E-state index >= 15 is 0 Å². The molecular weight excluding hydrogens is 370 g/mol. The van der Waals surface area contributed by atoms with E-state index in [1.807, 2.05) is 0 Å². The lowest BCUT2D eigenvalue weighted by Crippen LogP contribution is -2.41. The van der Waals surface area contributed by atoms with Crippen molar-refractivity contribution in [2.75, 3.05) is 50.9 Å². The van der Waals surface area contributed by atoms with E-state index in [-0.39, 0.29) is 29.4 Å². The zero-order valence-corrected chi connectivity index (χ0v) is 16.0. The van der Waals surface area contributed by atoms with Gasteiger partial charge >= 0.3 is 0 Å². The predicted molar refractivity (Wildman–Crippen MR) is 101 cm³/mol. The second-order valence-corrected chi connectivity index (χ2v) is 9.09. The van der Waals surface area contributed by atoms with Crippen molar-refractivity contribution in [2.45, 2.75) is 12.5 Å². The second-order valence-electron chi connectivity index (χ2n) is 6.86. The van der Waals surface area contributed by atoms with E-state index in [0.29, 0.717) is 37.3 Å². The Morgan fingerprint density at radius 1 is 1.15 bits per heavy atom. The number of rotatable bonds is 6. The van der Waals surface area contributed by atoms with Gasteiger partial charge in [-0.3, -0.25) is 14.5 Å². The number of nitrogens with zero attached hydrogens (tertiary/aromatic N) is 1. The van der Waals surface area contributed by atoms with Crippen molar-refractivity contribution >= 4 is 21.7 Å². The molecule has 0 radical (unpaired) electrons. The summed E-state index contributed by atoms with van der Waals surface area (Å²) in [5.41, 5.74) is 0.754. The van der Waals surface area contributed by atoms with Crippen LogP contribution >= 0.6 is 0 Å². The van der Waals surface area contributed by atoms with Crippen molar-refractivity contribution in [3.63, 3.8) is 0 Å². The number of nitrogens with one attached hydrogen (secondary N) is 2. The summed E-state index contributed by atoms with van der Waals surface area (Å²) in [6.45, 7) is 4.44. The van der Waals surface area contributed by atoms with Crippen LogP contribution in [0.25, 0.3) is 0 Å². The predicted octanol–water partition coefficient (Wildman–Crippen LogP) is -0.334. The Labute approximate surface area is 159 Å². The highest BCUT2D eigenvalue weighted by atomic mass is 32.2. The molecule has 0 aromatic heterocycles. The average molecular weight is 395 g/mol. The Morgan fingerprint density at radius 3 is 2.52 bits per heavy atom. The number of carbonyl (C=O) groups excluding carboxylic acids is 2. The highest BCUT2D eigenvalue weighted by Gasteiger charge is 2.29. The van der Waals surface area contributed by atoms with Crippen molar-refractivity contribution in [3.05, 3.63) is 35.4 Å². The third-order valence-electron chi connectivity index (χ3n) is 4.77. The largest absolute Gasteiger partial charge is 0.379 e. The minimum Gasteiger partial charge on any atom is -0.379 e. The Morgan fingerprint density at radius 2 is 1.85 bits per heavy atom. The Balaban J connectivity index is 1.51. The van der Waals surface area contributed by atoms with Crippen molar-refractivity contribution in [3.8, 4) is 0 Å². The topological polar surface area (TPSA) is 105 Å².